The van der Waals surface area contributed by atoms with Gasteiger partial charge in [0.15, 0.2) is 0 Å². The molecule has 0 aliphatic heterocycles. The number of rotatable bonds is 3. The van der Waals surface area contributed by atoms with Gasteiger partial charge in [0.1, 0.15) is 4.33 Å². The maximum atomic E-state index is 12.0. The summed E-state index contributed by atoms with van der Waals surface area (Å²) >= 11 is 17.7. The standard InChI is InChI=1S/C12H11Cl3N2O2/c1-11(5-12(11,14)15)10(19)17-6-2-3-7(9(16)18)8(13)4-6/h2-4H,5H2,1H3,(H2,16,18)(H,17,19). The van der Waals surface area contributed by atoms with Crippen molar-refractivity contribution in [2.24, 2.45) is 11.1 Å². The van der Waals surface area contributed by atoms with Gasteiger partial charge in [-0.1, -0.05) is 11.6 Å². The minimum Gasteiger partial charge on any atom is -0.366 e. The lowest BCUT2D eigenvalue weighted by molar-refractivity contribution is -0.120. The first-order valence-corrected chi connectivity index (χ1v) is 6.59. The van der Waals surface area contributed by atoms with Crippen LogP contribution in [0, 0.1) is 5.41 Å². The Morgan fingerprint density at radius 2 is 1.95 bits per heavy atom. The van der Waals surface area contributed by atoms with Crippen molar-refractivity contribution in [3.63, 3.8) is 0 Å². The predicted octanol–water partition coefficient (Wildman–Crippen LogP) is 2.96. The van der Waals surface area contributed by atoms with Crippen LogP contribution in [0.3, 0.4) is 0 Å². The van der Waals surface area contributed by atoms with Crippen molar-refractivity contribution in [2.45, 2.75) is 17.7 Å². The molecule has 19 heavy (non-hydrogen) atoms. The van der Waals surface area contributed by atoms with Crippen LogP contribution in [-0.4, -0.2) is 16.1 Å². The highest BCUT2D eigenvalue weighted by molar-refractivity contribution is 6.53. The topological polar surface area (TPSA) is 72.2 Å². The van der Waals surface area contributed by atoms with E-state index in [9.17, 15) is 9.59 Å². The highest BCUT2D eigenvalue weighted by atomic mass is 35.5. The molecule has 1 unspecified atom stereocenters. The number of hydrogen-bond donors (Lipinski definition) is 2. The van der Waals surface area contributed by atoms with Crippen LogP contribution >= 0.6 is 34.8 Å². The molecule has 2 rings (SSSR count). The summed E-state index contributed by atoms with van der Waals surface area (Å²) in [6.45, 7) is 1.68. The molecule has 1 aliphatic carbocycles. The van der Waals surface area contributed by atoms with Crippen molar-refractivity contribution in [1.82, 2.24) is 0 Å². The lowest BCUT2D eigenvalue weighted by atomic mass is 10.1. The molecular weight excluding hydrogens is 311 g/mol. The number of nitrogens with two attached hydrogens (primary N) is 1. The first-order valence-electron chi connectivity index (χ1n) is 5.46. The smallest absolute Gasteiger partial charge is 0.250 e. The van der Waals surface area contributed by atoms with Crippen molar-refractivity contribution >= 4 is 52.3 Å². The van der Waals surface area contributed by atoms with Gasteiger partial charge in [0.2, 0.25) is 11.8 Å². The number of nitrogens with one attached hydrogen (secondary N) is 1. The van der Waals surface area contributed by atoms with E-state index in [1.165, 1.54) is 12.1 Å². The van der Waals surface area contributed by atoms with Crippen LogP contribution in [0.25, 0.3) is 0 Å². The van der Waals surface area contributed by atoms with E-state index in [4.69, 9.17) is 40.5 Å². The van der Waals surface area contributed by atoms with Gasteiger partial charge in [-0.2, -0.15) is 0 Å². The molecule has 7 heteroatoms. The van der Waals surface area contributed by atoms with Crippen molar-refractivity contribution in [3.05, 3.63) is 28.8 Å². The van der Waals surface area contributed by atoms with Crippen LogP contribution in [0.15, 0.2) is 18.2 Å². The third-order valence-corrected chi connectivity index (χ3v) is 4.67. The monoisotopic (exact) mass is 320 g/mol. The second-order valence-electron chi connectivity index (χ2n) is 4.73. The SMILES string of the molecule is CC1(C(=O)Nc2ccc(C(N)=O)c(Cl)c2)CC1(Cl)Cl. The zero-order valence-electron chi connectivity index (χ0n) is 9.97. The fourth-order valence-electron chi connectivity index (χ4n) is 1.71. The normalized spacial score (nSPS) is 23.8. The summed E-state index contributed by atoms with van der Waals surface area (Å²) in [5, 5.41) is 2.84. The third kappa shape index (κ3) is 2.53. The molecule has 1 saturated carbocycles. The van der Waals surface area contributed by atoms with E-state index >= 15 is 0 Å². The van der Waals surface area contributed by atoms with Crippen molar-refractivity contribution in [2.75, 3.05) is 5.32 Å². The van der Waals surface area contributed by atoms with Crippen LogP contribution in [0.5, 0.6) is 0 Å². The average Bonchev–Trinajstić information content (AvgIpc) is 2.79. The second kappa shape index (κ2) is 4.54. The molecule has 4 nitrogen and oxygen atoms in total. The summed E-state index contributed by atoms with van der Waals surface area (Å²) in [7, 11) is 0. The number of halogens is 3. The van der Waals surface area contributed by atoms with Gasteiger partial charge in [-0.15, -0.1) is 23.2 Å². The van der Waals surface area contributed by atoms with Gasteiger partial charge in [0.25, 0.3) is 0 Å². The van der Waals surface area contributed by atoms with E-state index < -0.39 is 15.7 Å². The summed E-state index contributed by atoms with van der Waals surface area (Å²) < 4.78 is -1.03. The Morgan fingerprint density at radius 3 is 2.37 bits per heavy atom. The van der Waals surface area contributed by atoms with Crippen molar-refractivity contribution in [3.8, 4) is 0 Å². The van der Waals surface area contributed by atoms with Gasteiger partial charge in [-0.25, -0.2) is 0 Å². The van der Waals surface area contributed by atoms with Crippen LogP contribution in [-0.2, 0) is 4.79 Å². The summed E-state index contributed by atoms with van der Waals surface area (Å²) in [5.74, 6) is -0.919. The molecule has 1 fully saturated rings. The van der Waals surface area contributed by atoms with E-state index in [0.29, 0.717) is 12.1 Å². The predicted molar refractivity (Wildman–Crippen MR) is 75.8 cm³/mol. The molecule has 1 atom stereocenters. The van der Waals surface area contributed by atoms with E-state index in [-0.39, 0.29) is 16.5 Å². The zero-order chi connectivity index (χ0) is 14.4. The number of amides is 2. The number of anilines is 1. The van der Waals surface area contributed by atoms with Gasteiger partial charge < -0.3 is 11.1 Å². The molecular formula is C12H11Cl3N2O2. The van der Waals surface area contributed by atoms with Crippen molar-refractivity contribution < 1.29 is 9.59 Å². The van der Waals surface area contributed by atoms with Crippen LogP contribution < -0.4 is 11.1 Å². The van der Waals surface area contributed by atoms with Gasteiger partial charge >= 0.3 is 0 Å². The Morgan fingerprint density at radius 1 is 1.37 bits per heavy atom. The Labute approximate surface area is 125 Å². The summed E-state index contributed by atoms with van der Waals surface area (Å²) in [4.78, 5) is 23.1. The first kappa shape index (κ1) is 14.4. The van der Waals surface area contributed by atoms with E-state index in [1.807, 2.05) is 0 Å². The first-order chi connectivity index (χ1) is 8.67. The molecule has 1 aliphatic rings. The number of carbonyl (C=O) groups is 2. The van der Waals surface area contributed by atoms with Gasteiger partial charge in [-0.05, 0) is 31.5 Å². The minimum absolute atomic E-state index is 0.175. The molecule has 0 aromatic heterocycles. The molecule has 0 radical (unpaired) electrons. The number of primary amides is 1. The maximum Gasteiger partial charge on any atom is 0.250 e. The average molecular weight is 322 g/mol. The van der Waals surface area contributed by atoms with Crippen LogP contribution in [0.4, 0.5) is 5.69 Å². The number of alkyl halides is 2. The summed E-state index contributed by atoms with van der Waals surface area (Å²) in [6, 6.07) is 4.44. The molecule has 0 heterocycles. The van der Waals surface area contributed by atoms with Gasteiger partial charge in [0, 0.05) is 5.69 Å². The third-order valence-electron chi connectivity index (χ3n) is 3.25. The summed E-state index contributed by atoms with van der Waals surface area (Å²) in [5.41, 5.74) is 4.97. The Balaban J connectivity index is 2.15. The van der Waals surface area contributed by atoms with E-state index in [2.05, 4.69) is 5.32 Å². The second-order valence-corrected chi connectivity index (χ2v) is 6.62. The highest BCUT2D eigenvalue weighted by Crippen LogP contribution is 2.64. The molecule has 102 valence electrons. The van der Waals surface area contributed by atoms with Crippen molar-refractivity contribution in [1.29, 1.82) is 0 Å². The molecule has 0 saturated heterocycles. The maximum absolute atomic E-state index is 12.0. The molecule has 3 N–H and O–H groups in total. The largest absolute Gasteiger partial charge is 0.366 e. The Bertz CT molecular complexity index is 574. The van der Waals surface area contributed by atoms with Crippen LogP contribution in [0.2, 0.25) is 5.02 Å². The fourth-order valence-corrected chi connectivity index (χ4v) is 2.69. The molecule has 2 amide bonds. The number of carbonyl (C=O) groups excluding carboxylic acids is 2. The lowest BCUT2D eigenvalue weighted by Crippen LogP contribution is -2.26. The fraction of sp³-hybridized carbons (Fsp3) is 0.333. The molecule has 0 bridgehead atoms. The number of hydrogen-bond acceptors (Lipinski definition) is 2. The van der Waals surface area contributed by atoms with E-state index in [0.717, 1.165) is 0 Å². The molecule has 1 aromatic rings. The quantitative estimate of drug-likeness (QED) is 0.840. The lowest BCUT2D eigenvalue weighted by Gasteiger charge is -2.13. The summed E-state index contributed by atoms with van der Waals surface area (Å²) in [6.07, 6.45) is 0.391. The molecule has 0 spiro atoms. The van der Waals surface area contributed by atoms with E-state index in [1.54, 1.807) is 13.0 Å². The zero-order valence-corrected chi connectivity index (χ0v) is 12.2. The Kier molecular flexibility index (Phi) is 3.45. The Hall–Kier alpha value is -0.970. The van der Waals surface area contributed by atoms with Gasteiger partial charge in [-0.3, -0.25) is 9.59 Å². The number of benzene rings is 1. The highest BCUT2D eigenvalue weighted by Gasteiger charge is 2.67. The van der Waals surface area contributed by atoms with Gasteiger partial charge in [0.05, 0.1) is 16.0 Å². The van der Waals surface area contributed by atoms with Crippen LogP contribution in [0.1, 0.15) is 23.7 Å². The molecule has 1 aromatic carbocycles. The minimum atomic E-state index is -1.03.